The first-order valence-corrected chi connectivity index (χ1v) is 16.8. The number of benzene rings is 4. The normalized spacial score (nSPS) is 12.2. The molecule has 4 aromatic carbocycles. The summed E-state index contributed by atoms with van der Waals surface area (Å²) in [6, 6.07) is 15.6. The molecule has 0 saturated heterocycles. The fourth-order valence-electron chi connectivity index (χ4n) is 3.93. The van der Waals surface area contributed by atoms with E-state index in [1.54, 1.807) is 24.3 Å². The number of carboxylic acids is 1. The molecule has 21 heteroatoms. The van der Waals surface area contributed by atoms with Gasteiger partial charge in [-0.25, -0.2) is 22.2 Å². The number of azo groups is 3. The number of aromatic carboxylic acids is 1. The first-order valence-electron chi connectivity index (χ1n) is 13.8. The number of nitrogens with one attached hydrogen (secondary N) is 1. The zero-order valence-corrected chi connectivity index (χ0v) is 27.2. The van der Waals surface area contributed by atoms with E-state index < -0.39 is 73.0 Å². The molecule has 4 rings (SSSR count). The van der Waals surface area contributed by atoms with Gasteiger partial charge in [0.25, 0.3) is 0 Å². The van der Waals surface area contributed by atoms with E-state index in [0.717, 1.165) is 11.6 Å². The smallest absolute Gasteiger partial charge is 0.397 e. The molecular formula is C29H26N8O11S2. The van der Waals surface area contributed by atoms with Gasteiger partial charge in [0.05, 0.1) is 45.6 Å². The maximum atomic E-state index is 12.4. The molecule has 7 N–H and O–H groups in total. The lowest BCUT2D eigenvalue weighted by atomic mass is 10.1. The number of primary amides is 1. The summed E-state index contributed by atoms with van der Waals surface area (Å²) in [6.07, 6.45) is 0. The zero-order chi connectivity index (χ0) is 36.6. The third-order valence-corrected chi connectivity index (χ3v) is 8.47. The summed E-state index contributed by atoms with van der Waals surface area (Å²) < 4.78 is 58.7. The van der Waals surface area contributed by atoms with Crippen molar-refractivity contribution in [2.45, 2.75) is 11.8 Å². The number of nitrogens with two attached hydrogens (primary N) is 1. The van der Waals surface area contributed by atoms with Gasteiger partial charge in [-0.3, -0.25) is 4.55 Å². The minimum atomic E-state index is -4.80. The van der Waals surface area contributed by atoms with E-state index in [1.807, 2.05) is 6.92 Å². The van der Waals surface area contributed by atoms with Crippen molar-refractivity contribution in [3.05, 3.63) is 83.9 Å². The highest BCUT2D eigenvalue weighted by molar-refractivity contribution is 7.91. The average molecular weight is 727 g/mol. The fraction of sp³-hybridized carbons (Fsp3) is 0.103. The third kappa shape index (κ3) is 9.93. The van der Waals surface area contributed by atoms with Crippen LogP contribution in [-0.4, -0.2) is 61.1 Å². The van der Waals surface area contributed by atoms with Crippen LogP contribution < -0.4 is 11.1 Å². The predicted octanol–water partition coefficient (Wildman–Crippen LogP) is 6.43. The lowest BCUT2D eigenvalue weighted by Gasteiger charge is -2.08. The van der Waals surface area contributed by atoms with E-state index in [9.17, 15) is 41.7 Å². The molecule has 260 valence electrons. The van der Waals surface area contributed by atoms with Crippen LogP contribution in [0.4, 0.5) is 44.6 Å². The Hall–Kier alpha value is -6.16. The molecule has 4 aromatic rings. The topological polar surface area (TPSA) is 305 Å². The van der Waals surface area contributed by atoms with Crippen molar-refractivity contribution in [2.75, 3.05) is 17.7 Å². The van der Waals surface area contributed by atoms with Crippen molar-refractivity contribution in [3.8, 4) is 11.5 Å². The molecule has 2 amide bonds. The van der Waals surface area contributed by atoms with Gasteiger partial charge >= 0.3 is 22.4 Å². The van der Waals surface area contributed by atoms with Crippen LogP contribution in [0, 0.1) is 6.92 Å². The number of urea groups is 1. The van der Waals surface area contributed by atoms with Gasteiger partial charge in [0.15, 0.2) is 21.3 Å². The van der Waals surface area contributed by atoms with Crippen LogP contribution in [0.3, 0.4) is 0 Å². The average Bonchev–Trinajstić information content (AvgIpc) is 3.03. The number of aryl methyl sites for hydroxylation is 1. The van der Waals surface area contributed by atoms with Gasteiger partial charge in [-0.15, -0.1) is 15.3 Å². The van der Waals surface area contributed by atoms with E-state index in [0.29, 0.717) is 5.69 Å². The summed E-state index contributed by atoms with van der Waals surface area (Å²) in [5, 5.41) is 56.8. The number of hydrogen-bond donors (Lipinski definition) is 6. The second-order valence-corrected chi connectivity index (χ2v) is 13.2. The first-order chi connectivity index (χ1) is 23.5. The highest BCUT2D eigenvalue weighted by Crippen LogP contribution is 2.47. The molecule has 0 spiro atoms. The van der Waals surface area contributed by atoms with Crippen molar-refractivity contribution < 1.29 is 50.5 Å². The number of phenolic OH excluding ortho intramolecular Hbond substituents is 2. The number of amides is 2. The Kier molecular flexibility index (Phi) is 11.3. The Morgan fingerprint density at radius 3 is 1.94 bits per heavy atom. The second-order valence-electron chi connectivity index (χ2n) is 9.98. The van der Waals surface area contributed by atoms with E-state index >= 15 is 0 Å². The molecule has 0 heterocycles. The molecule has 0 aromatic heterocycles. The molecule has 0 radical (unpaired) electrons. The summed E-state index contributed by atoms with van der Waals surface area (Å²) >= 11 is 0. The highest BCUT2D eigenvalue weighted by atomic mass is 32.3. The number of sulfone groups is 1. The van der Waals surface area contributed by atoms with Gasteiger partial charge in [0.1, 0.15) is 17.1 Å². The number of hydrogen-bond acceptors (Lipinski definition) is 15. The molecule has 0 unspecified atom stereocenters. The molecule has 0 saturated carbocycles. The number of phenols is 2. The molecule has 0 aliphatic heterocycles. The summed E-state index contributed by atoms with van der Waals surface area (Å²) in [7, 11) is -8.77. The lowest BCUT2D eigenvalue weighted by molar-refractivity contribution is 0.0696. The number of anilines is 1. The number of nitrogens with zero attached hydrogens (tertiary/aromatic N) is 6. The van der Waals surface area contributed by atoms with Crippen molar-refractivity contribution in [1.29, 1.82) is 0 Å². The van der Waals surface area contributed by atoms with Crippen molar-refractivity contribution in [3.63, 3.8) is 0 Å². The SMILES string of the molecule is Cc1ccc(N=Nc2c(C(=O)O)cc(O)c(N=Nc3ccc(N=Nc4ccc(S(=O)(=O)CCOS(=O)(=O)O)cc4)c(NC(N)=O)c3)c2O)cc1. The van der Waals surface area contributed by atoms with Gasteiger partial charge in [0.2, 0.25) is 0 Å². The standard InChI is InChI=1S/C29H26N8O11S2/c1-16-2-4-17(5-3-16)33-36-25-21(28(40)41)15-24(38)26(27(25)39)37-34-19-8-11-22(23(14-19)31-29(30)42)35-32-18-6-9-20(10-7-18)49(43,44)13-12-48-50(45,46)47/h2-11,14-15,38-39H,12-13H2,1H3,(H,40,41)(H3,30,31,42)(H,45,46,47). The minimum absolute atomic E-state index is 0.00186. The van der Waals surface area contributed by atoms with Gasteiger partial charge in [-0.05, 0) is 67.6 Å². The summed E-state index contributed by atoms with van der Waals surface area (Å²) in [4.78, 5) is 23.3. The van der Waals surface area contributed by atoms with Crippen LogP contribution in [0.5, 0.6) is 11.5 Å². The quantitative estimate of drug-likeness (QED) is 0.0643. The fourth-order valence-corrected chi connectivity index (χ4v) is 5.42. The van der Waals surface area contributed by atoms with Crippen LogP contribution in [0.1, 0.15) is 15.9 Å². The largest absolute Gasteiger partial charge is 0.505 e. The molecule has 0 aliphatic rings. The van der Waals surface area contributed by atoms with Gasteiger partial charge in [-0.2, -0.15) is 23.8 Å². The summed E-state index contributed by atoms with van der Waals surface area (Å²) in [6.45, 7) is 1.06. The molecule has 0 aliphatic carbocycles. The second kappa shape index (κ2) is 15.4. The molecule has 19 nitrogen and oxygen atoms in total. The van der Waals surface area contributed by atoms with Crippen LogP contribution in [0.15, 0.2) is 108 Å². The van der Waals surface area contributed by atoms with Crippen molar-refractivity contribution in [1.82, 2.24) is 0 Å². The number of carbonyl (C=O) groups excluding carboxylic acids is 1. The Labute approximate surface area is 283 Å². The van der Waals surface area contributed by atoms with Crippen molar-refractivity contribution >= 4 is 72.0 Å². The maximum Gasteiger partial charge on any atom is 0.397 e. The number of carbonyl (C=O) groups is 2. The Morgan fingerprint density at radius 1 is 0.780 bits per heavy atom. The van der Waals surface area contributed by atoms with Crippen LogP contribution in [0.25, 0.3) is 0 Å². The van der Waals surface area contributed by atoms with E-state index in [4.69, 9.17) is 10.3 Å². The van der Waals surface area contributed by atoms with Crippen LogP contribution >= 0.6 is 0 Å². The molecular weight excluding hydrogens is 700 g/mol. The predicted molar refractivity (Wildman–Crippen MR) is 176 cm³/mol. The minimum Gasteiger partial charge on any atom is -0.505 e. The summed E-state index contributed by atoms with van der Waals surface area (Å²) in [5.74, 6) is -3.79. The maximum absolute atomic E-state index is 12.4. The Bertz CT molecular complexity index is 2240. The zero-order valence-electron chi connectivity index (χ0n) is 25.6. The Morgan fingerprint density at radius 2 is 1.34 bits per heavy atom. The summed E-state index contributed by atoms with van der Waals surface area (Å²) in [5.41, 5.74) is 5.30. The number of carboxylic acid groups (broad SMARTS) is 1. The van der Waals surface area contributed by atoms with E-state index in [1.165, 1.54) is 42.5 Å². The number of rotatable bonds is 13. The monoisotopic (exact) mass is 726 g/mol. The molecule has 0 atom stereocenters. The lowest BCUT2D eigenvalue weighted by Crippen LogP contribution is -2.19. The van der Waals surface area contributed by atoms with Crippen LogP contribution in [0.2, 0.25) is 0 Å². The van der Waals surface area contributed by atoms with Gasteiger partial charge < -0.3 is 26.4 Å². The Balaban J connectivity index is 1.59. The van der Waals surface area contributed by atoms with E-state index in [2.05, 4.69) is 40.2 Å². The third-order valence-electron chi connectivity index (χ3n) is 6.31. The van der Waals surface area contributed by atoms with E-state index in [-0.39, 0.29) is 27.6 Å². The molecule has 0 bridgehead atoms. The van der Waals surface area contributed by atoms with Crippen molar-refractivity contribution in [2.24, 2.45) is 36.4 Å². The molecule has 50 heavy (non-hydrogen) atoms. The van der Waals surface area contributed by atoms with Gasteiger partial charge in [0, 0.05) is 0 Å². The number of aromatic hydroxyl groups is 2. The highest BCUT2D eigenvalue weighted by Gasteiger charge is 2.22. The van der Waals surface area contributed by atoms with Gasteiger partial charge in [-0.1, -0.05) is 17.7 Å². The van der Waals surface area contributed by atoms with Crippen LogP contribution in [-0.2, 0) is 24.4 Å². The first kappa shape index (κ1) is 36.7. The molecule has 0 fully saturated rings.